The predicted molar refractivity (Wildman–Crippen MR) is 120 cm³/mol. The zero-order chi connectivity index (χ0) is 21.6. The largest absolute Gasteiger partial charge is 0.384 e. The summed E-state index contributed by atoms with van der Waals surface area (Å²) in [6.07, 6.45) is 0.257. The molecule has 0 aliphatic carbocycles. The Balaban J connectivity index is 1.60. The van der Waals surface area contributed by atoms with Gasteiger partial charge < -0.3 is 10.4 Å². The van der Waals surface area contributed by atoms with Crippen LogP contribution in [0, 0.1) is 0 Å². The number of benzene rings is 2. The van der Waals surface area contributed by atoms with Crippen LogP contribution in [0.1, 0.15) is 42.9 Å². The number of para-hydroxylation sites is 1. The number of carbonyl (C=O) groups is 1. The first-order valence-corrected chi connectivity index (χ1v) is 12.6. The fourth-order valence-electron chi connectivity index (χ4n) is 3.24. The number of fused-ring (bicyclic) bond motifs is 1. The lowest BCUT2D eigenvalue weighted by atomic mass is 10.1. The van der Waals surface area contributed by atoms with Crippen LogP contribution in [0.2, 0.25) is 0 Å². The molecule has 160 valence electrons. The molecule has 0 spiro atoms. The van der Waals surface area contributed by atoms with Gasteiger partial charge in [-0.3, -0.25) is 4.79 Å². The van der Waals surface area contributed by atoms with Gasteiger partial charge in [0.05, 0.1) is 27.8 Å². The smallest absolute Gasteiger partial charge is 0.221 e. The normalized spacial score (nSPS) is 13.8. The Labute approximate surface area is 180 Å². The SMILES string of the molecule is CCCC(NC(=O)CCS(=O)(=O)Cc1ccccc1)C(O)c1nc2ccccc2s1. The van der Waals surface area contributed by atoms with Gasteiger partial charge in [0.15, 0.2) is 9.84 Å². The summed E-state index contributed by atoms with van der Waals surface area (Å²) in [5.74, 6) is -0.706. The number of nitrogens with zero attached hydrogens (tertiary/aromatic N) is 1. The van der Waals surface area contributed by atoms with Crippen molar-refractivity contribution in [1.82, 2.24) is 10.3 Å². The number of sulfone groups is 1. The average molecular weight is 447 g/mol. The van der Waals surface area contributed by atoms with E-state index in [-0.39, 0.29) is 23.8 Å². The number of amides is 1. The summed E-state index contributed by atoms with van der Waals surface area (Å²) in [6.45, 7) is 1.97. The van der Waals surface area contributed by atoms with Crippen LogP contribution in [0.3, 0.4) is 0 Å². The standard InChI is InChI=1S/C22H26N2O4S2/c1-2-8-18(21(26)22-24-17-11-6-7-12-19(17)29-22)23-20(25)13-14-30(27,28)15-16-9-4-3-5-10-16/h3-7,9-12,18,21,26H,2,8,13-15H2,1H3,(H,23,25). The predicted octanol–water partition coefficient (Wildman–Crippen LogP) is 3.62. The van der Waals surface area contributed by atoms with Crippen molar-refractivity contribution in [1.29, 1.82) is 0 Å². The van der Waals surface area contributed by atoms with E-state index in [1.165, 1.54) is 11.3 Å². The van der Waals surface area contributed by atoms with Gasteiger partial charge in [-0.25, -0.2) is 13.4 Å². The summed E-state index contributed by atoms with van der Waals surface area (Å²) in [4.78, 5) is 16.9. The number of thiazole rings is 1. The Kier molecular flexibility index (Phi) is 7.58. The maximum atomic E-state index is 12.4. The molecule has 0 saturated carbocycles. The molecule has 2 unspecified atom stereocenters. The van der Waals surface area contributed by atoms with Crippen molar-refractivity contribution in [3.05, 3.63) is 65.2 Å². The Bertz CT molecular complexity index is 1050. The first-order chi connectivity index (χ1) is 14.4. The van der Waals surface area contributed by atoms with Crippen LogP contribution in [0.4, 0.5) is 0 Å². The zero-order valence-corrected chi connectivity index (χ0v) is 18.5. The Morgan fingerprint density at radius 1 is 1.13 bits per heavy atom. The lowest BCUT2D eigenvalue weighted by molar-refractivity contribution is -0.122. The van der Waals surface area contributed by atoms with Gasteiger partial charge in [-0.1, -0.05) is 55.8 Å². The topological polar surface area (TPSA) is 96.4 Å². The first kappa shape index (κ1) is 22.4. The molecule has 0 saturated heterocycles. The molecule has 0 fully saturated rings. The van der Waals surface area contributed by atoms with Gasteiger partial charge in [-0.05, 0) is 24.1 Å². The molecule has 1 aromatic heterocycles. The number of carbonyl (C=O) groups excluding carboxylic acids is 1. The molecule has 8 heteroatoms. The van der Waals surface area contributed by atoms with Crippen LogP contribution >= 0.6 is 11.3 Å². The van der Waals surface area contributed by atoms with Gasteiger partial charge in [0.2, 0.25) is 5.91 Å². The summed E-state index contributed by atoms with van der Waals surface area (Å²) in [7, 11) is -3.40. The van der Waals surface area contributed by atoms with Crippen LogP contribution in [-0.2, 0) is 20.4 Å². The number of aliphatic hydroxyl groups excluding tert-OH is 1. The molecular formula is C22H26N2O4S2. The molecule has 0 radical (unpaired) electrons. The molecule has 1 amide bonds. The molecular weight excluding hydrogens is 420 g/mol. The molecule has 0 aliphatic rings. The van der Waals surface area contributed by atoms with E-state index in [9.17, 15) is 18.3 Å². The van der Waals surface area contributed by atoms with Crippen molar-refractivity contribution in [2.24, 2.45) is 0 Å². The monoisotopic (exact) mass is 446 g/mol. The molecule has 2 aromatic carbocycles. The lowest BCUT2D eigenvalue weighted by Gasteiger charge is -2.22. The highest BCUT2D eigenvalue weighted by Crippen LogP contribution is 2.29. The fourth-order valence-corrected chi connectivity index (χ4v) is 5.60. The minimum atomic E-state index is -3.40. The van der Waals surface area contributed by atoms with E-state index in [0.29, 0.717) is 17.0 Å². The zero-order valence-electron chi connectivity index (χ0n) is 16.8. The second-order valence-electron chi connectivity index (χ2n) is 7.25. The number of aromatic nitrogens is 1. The van der Waals surface area contributed by atoms with Gasteiger partial charge in [-0.15, -0.1) is 11.3 Å². The Morgan fingerprint density at radius 2 is 1.83 bits per heavy atom. The number of aliphatic hydroxyl groups is 1. The van der Waals surface area contributed by atoms with Gasteiger partial charge >= 0.3 is 0 Å². The molecule has 30 heavy (non-hydrogen) atoms. The van der Waals surface area contributed by atoms with Crippen LogP contribution in [0.25, 0.3) is 10.2 Å². The molecule has 1 heterocycles. The van der Waals surface area contributed by atoms with Crippen molar-refractivity contribution < 1.29 is 18.3 Å². The maximum Gasteiger partial charge on any atom is 0.221 e. The lowest BCUT2D eigenvalue weighted by Crippen LogP contribution is -2.40. The van der Waals surface area contributed by atoms with Crippen LogP contribution < -0.4 is 5.32 Å². The van der Waals surface area contributed by atoms with Crippen LogP contribution in [-0.4, -0.2) is 36.2 Å². The van der Waals surface area contributed by atoms with E-state index < -0.39 is 22.0 Å². The third-order valence-corrected chi connectivity index (χ3v) is 7.47. The minimum Gasteiger partial charge on any atom is -0.384 e. The highest BCUT2D eigenvalue weighted by atomic mass is 32.2. The summed E-state index contributed by atoms with van der Waals surface area (Å²) in [5, 5.41) is 14.2. The molecule has 0 aliphatic heterocycles. The number of hydrogen-bond donors (Lipinski definition) is 2. The minimum absolute atomic E-state index is 0.0894. The average Bonchev–Trinajstić information content (AvgIpc) is 3.16. The number of hydrogen-bond acceptors (Lipinski definition) is 6. The second-order valence-corrected chi connectivity index (χ2v) is 10.5. The summed E-state index contributed by atoms with van der Waals surface area (Å²) >= 11 is 1.40. The third-order valence-electron chi connectivity index (χ3n) is 4.76. The first-order valence-electron chi connectivity index (χ1n) is 9.95. The van der Waals surface area contributed by atoms with E-state index in [2.05, 4.69) is 10.3 Å². The van der Waals surface area contributed by atoms with Crippen molar-refractivity contribution >= 4 is 37.3 Å². The molecule has 2 N–H and O–H groups in total. The maximum absolute atomic E-state index is 12.4. The Morgan fingerprint density at radius 3 is 2.53 bits per heavy atom. The van der Waals surface area contributed by atoms with Gasteiger partial charge in [0.25, 0.3) is 0 Å². The molecule has 6 nitrogen and oxygen atoms in total. The molecule has 2 atom stereocenters. The van der Waals surface area contributed by atoms with Crippen molar-refractivity contribution in [2.75, 3.05) is 5.75 Å². The molecule has 3 rings (SSSR count). The van der Waals surface area contributed by atoms with E-state index in [1.807, 2.05) is 37.3 Å². The molecule has 0 bridgehead atoms. The van der Waals surface area contributed by atoms with E-state index in [4.69, 9.17) is 0 Å². The highest BCUT2D eigenvalue weighted by Gasteiger charge is 2.25. The number of nitrogens with one attached hydrogen (secondary N) is 1. The summed E-state index contributed by atoms with van der Waals surface area (Å²) in [6, 6.07) is 16.0. The van der Waals surface area contributed by atoms with E-state index >= 15 is 0 Å². The highest BCUT2D eigenvalue weighted by molar-refractivity contribution is 7.90. The second kappa shape index (κ2) is 10.1. The van der Waals surface area contributed by atoms with Gasteiger partial charge in [-0.2, -0.15) is 0 Å². The van der Waals surface area contributed by atoms with Crippen molar-refractivity contribution in [2.45, 2.75) is 44.1 Å². The quantitative estimate of drug-likeness (QED) is 0.496. The fraction of sp³-hybridized carbons (Fsp3) is 0.364. The summed E-state index contributed by atoms with van der Waals surface area (Å²) in [5.41, 5.74) is 1.51. The van der Waals surface area contributed by atoms with Crippen LogP contribution in [0.15, 0.2) is 54.6 Å². The Hall–Kier alpha value is -2.29. The number of rotatable bonds is 10. The summed E-state index contributed by atoms with van der Waals surface area (Å²) < 4.78 is 25.6. The van der Waals surface area contributed by atoms with E-state index in [0.717, 1.165) is 16.6 Å². The van der Waals surface area contributed by atoms with Crippen molar-refractivity contribution in [3.8, 4) is 0 Å². The molecule has 3 aromatic rings. The van der Waals surface area contributed by atoms with Gasteiger partial charge in [0, 0.05) is 6.42 Å². The van der Waals surface area contributed by atoms with Crippen LogP contribution in [0.5, 0.6) is 0 Å². The van der Waals surface area contributed by atoms with Gasteiger partial charge in [0.1, 0.15) is 11.1 Å². The van der Waals surface area contributed by atoms with E-state index in [1.54, 1.807) is 24.3 Å². The van der Waals surface area contributed by atoms with Crippen molar-refractivity contribution in [3.63, 3.8) is 0 Å². The third kappa shape index (κ3) is 6.10.